The van der Waals surface area contributed by atoms with E-state index in [2.05, 4.69) is 20.2 Å². The third-order valence-corrected chi connectivity index (χ3v) is 5.84. The highest BCUT2D eigenvalue weighted by atomic mass is 35.5. The van der Waals surface area contributed by atoms with E-state index in [1.54, 1.807) is 25.5 Å². The molecule has 0 atom stereocenters. The number of benzene rings is 1. The SMILES string of the molecule is CC(C)NS(=O)(=O)c1ccc(Cl)c(C(=O)NCCc2n[nH]c(=S)n2C)c1. The predicted molar refractivity (Wildman–Crippen MR) is 101 cm³/mol. The van der Waals surface area contributed by atoms with Gasteiger partial charge in [0.15, 0.2) is 4.77 Å². The fourth-order valence-electron chi connectivity index (χ4n) is 2.21. The minimum Gasteiger partial charge on any atom is -0.352 e. The van der Waals surface area contributed by atoms with Crippen LogP contribution in [0.15, 0.2) is 23.1 Å². The summed E-state index contributed by atoms with van der Waals surface area (Å²) in [5.74, 6) is 0.229. The smallest absolute Gasteiger partial charge is 0.252 e. The standard InChI is InChI=1S/C15H20ClN5O3S2/c1-9(2)20-26(23,24)10-4-5-12(16)11(8-10)14(22)17-7-6-13-18-19-15(25)21(13)3/h4-5,8-9,20H,6-7H2,1-3H3,(H,17,22)(H,19,25). The van der Waals surface area contributed by atoms with Crippen LogP contribution in [0, 0.1) is 4.77 Å². The van der Waals surface area contributed by atoms with Gasteiger partial charge in [-0.1, -0.05) is 11.6 Å². The average molecular weight is 418 g/mol. The van der Waals surface area contributed by atoms with E-state index in [0.29, 0.717) is 23.6 Å². The van der Waals surface area contributed by atoms with Crippen LogP contribution in [0.2, 0.25) is 5.02 Å². The molecule has 0 spiro atoms. The van der Waals surface area contributed by atoms with Gasteiger partial charge in [0.05, 0.1) is 15.5 Å². The van der Waals surface area contributed by atoms with E-state index in [1.807, 2.05) is 0 Å². The molecule has 1 aromatic carbocycles. The molecule has 3 N–H and O–H groups in total. The molecule has 0 aliphatic carbocycles. The maximum Gasteiger partial charge on any atom is 0.252 e. The van der Waals surface area contributed by atoms with E-state index in [9.17, 15) is 13.2 Å². The second-order valence-corrected chi connectivity index (χ2v) is 8.44. The zero-order valence-corrected chi connectivity index (χ0v) is 16.9. The van der Waals surface area contributed by atoms with Gasteiger partial charge in [-0.3, -0.25) is 9.89 Å². The number of sulfonamides is 1. The lowest BCUT2D eigenvalue weighted by Gasteiger charge is -2.12. The summed E-state index contributed by atoms with van der Waals surface area (Å²) in [7, 11) is -1.94. The van der Waals surface area contributed by atoms with Gasteiger partial charge < -0.3 is 9.88 Å². The summed E-state index contributed by atoms with van der Waals surface area (Å²) in [4.78, 5) is 12.4. The number of aromatic amines is 1. The van der Waals surface area contributed by atoms with Gasteiger partial charge in [0.2, 0.25) is 10.0 Å². The first-order valence-corrected chi connectivity index (χ1v) is 10.1. The molecule has 1 heterocycles. The number of nitrogens with zero attached hydrogens (tertiary/aromatic N) is 2. The van der Waals surface area contributed by atoms with Gasteiger partial charge in [-0.05, 0) is 44.3 Å². The molecule has 0 saturated heterocycles. The first kappa shape index (κ1) is 20.6. The van der Waals surface area contributed by atoms with E-state index in [-0.39, 0.29) is 21.5 Å². The summed E-state index contributed by atoms with van der Waals surface area (Å²) < 4.78 is 29.2. The summed E-state index contributed by atoms with van der Waals surface area (Å²) in [5, 5.41) is 9.60. The third kappa shape index (κ3) is 4.91. The molecule has 2 aromatic rings. The van der Waals surface area contributed by atoms with E-state index < -0.39 is 15.9 Å². The molecule has 26 heavy (non-hydrogen) atoms. The number of amides is 1. The van der Waals surface area contributed by atoms with Gasteiger partial charge in [0, 0.05) is 26.1 Å². The molecule has 8 nitrogen and oxygen atoms in total. The summed E-state index contributed by atoms with van der Waals surface area (Å²) >= 11 is 11.1. The van der Waals surface area contributed by atoms with E-state index in [4.69, 9.17) is 23.8 Å². The number of carbonyl (C=O) groups is 1. The van der Waals surface area contributed by atoms with Crippen molar-refractivity contribution in [3.8, 4) is 0 Å². The molecule has 142 valence electrons. The highest BCUT2D eigenvalue weighted by Gasteiger charge is 2.19. The van der Waals surface area contributed by atoms with Crippen LogP contribution in [0.25, 0.3) is 0 Å². The van der Waals surface area contributed by atoms with Crippen LogP contribution in [-0.4, -0.2) is 41.7 Å². The Labute approximate surface area is 162 Å². The number of carbonyl (C=O) groups excluding carboxylic acids is 1. The van der Waals surface area contributed by atoms with Crippen molar-refractivity contribution < 1.29 is 13.2 Å². The Kier molecular flexibility index (Phi) is 6.56. The molecular weight excluding hydrogens is 398 g/mol. The topological polar surface area (TPSA) is 109 Å². The summed E-state index contributed by atoms with van der Waals surface area (Å²) in [6.07, 6.45) is 0.458. The Morgan fingerprint density at radius 1 is 1.42 bits per heavy atom. The van der Waals surface area contributed by atoms with Crippen molar-refractivity contribution in [3.63, 3.8) is 0 Å². The van der Waals surface area contributed by atoms with Crippen LogP contribution in [-0.2, 0) is 23.5 Å². The molecule has 0 saturated carbocycles. The maximum absolute atomic E-state index is 12.4. The predicted octanol–water partition coefficient (Wildman–Crippen LogP) is 1.79. The molecule has 0 radical (unpaired) electrons. The molecule has 0 fully saturated rings. The van der Waals surface area contributed by atoms with E-state index in [1.165, 1.54) is 18.2 Å². The van der Waals surface area contributed by atoms with Crippen LogP contribution >= 0.6 is 23.8 Å². The number of halogens is 1. The van der Waals surface area contributed by atoms with Crippen molar-refractivity contribution in [2.75, 3.05) is 6.54 Å². The lowest BCUT2D eigenvalue weighted by atomic mass is 10.2. The molecule has 1 aromatic heterocycles. The quantitative estimate of drug-likeness (QED) is 0.595. The fourth-order valence-corrected chi connectivity index (χ4v) is 3.84. The number of nitrogens with one attached hydrogen (secondary N) is 3. The first-order valence-electron chi connectivity index (χ1n) is 7.82. The normalized spacial score (nSPS) is 11.7. The van der Waals surface area contributed by atoms with Gasteiger partial charge in [-0.25, -0.2) is 13.1 Å². The van der Waals surface area contributed by atoms with E-state index in [0.717, 1.165) is 0 Å². The summed E-state index contributed by atoms with van der Waals surface area (Å²) in [6, 6.07) is 3.75. The van der Waals surface area contributed by atoms with Gasteiger partial charge >= 0.3 is 0 Å². The zero-order valence-electron chi connectivity index (χ0n) is 14.5. The van der Waals surface area contributed by atoms with Crippen LogP contribution < -0.4 is 10.0 Å². The second-order valence-electron chi connectivity index (χ2n) is 5.93. The average Bonchev–Trinajstić information content (AvgIpc) is 2.86. The summed E-state index contributed by atoms with van der Waals surface area (Å²) in [6.45, 7) is 3.72. The monoisotopic (exact) mass is 417 g/mol. The molecule has 0 bridgehead atoms. The van der Waals surface area contributed by atoms with Gasteiger partial charge in [0.1, 0.15) is 5.82 Å². The molecule has 11 heteroatoms. The van der Waals surface area contributed by atoms with Gasteiger partial charge in [-0.2, -0.15) is 5.10 Å². The van der Waals surface area contributed by atoms with Crippen LogP contribution in [0.3, 0.4) is 0 Å². The van der Waals surface area contributed by atoms with Crippen molar-refractivity contribution in [2.24, 2.45) is 7.05 Å². The van der Waals surface area contributed by atoms with Crippen LogP contribution in [0.4, 0.5) is 0 Å². The minimum absolute atomic E-state index is 0.0183. The minimum atomic E-state index is -3.72. The molecule has 1 amide bonds. The number of hydrogen-bond donors (Lipinski definition) is 3. The third-order valence-electron chi connectivity index (χ3n) is 3.49. The Balaban J connectivity index is 2.12. The van der Waals surface area contributed by atoms with Crippen LogP contribution in [0.5, 0.6) is 0 Å². The molecule has 0 unspecified atom stereocenters. The van der Waals surface area contributed by atoms with Crippen molar-refractivity contribution in [3.05, 3.63) is 39.4 Å². The number of rotatable bonds is 7. The first-order chi connectivity index (χ1) is 12.1. The molecule has 0 aliphatic heterocycles. The van der Waals surface area contributed by atoms with Crippen molar-refractivity contribution in [2.45, 2.75) is 31.2 Å². The molecule has 2 rings (SSSR count). The van der Waals surface area contributed by atoms with Crippen LogP contribution in [0.1, 0.15) is 30.0 Å². The number of aromatic nitrogens is 3. The Morgan fingerprint density at radius 3 is 2.69 bits per heavy atom. The number of H-pyrrole nitrogens is 1. The Hall–Kier alpha value is -1.75. The van der Waals surface area contributed by atoms with Crippen molar-refractivity contribution in [1.82, 2.24) is 24.8 Å². The lowest BCUT2D eigenvalue weighted by molar-refractivity contribution is 0.0954. The van der Waals surface area contributed by atoms with E-state index >= 15 is 0 Å². The largest absolute Gasteiger partial charge is 0.352 e. The maximum atomic E-state index is 12.4. The highest BCUT2D eigenvalue weighted by Crippen LogP contribution is 2.20. The van der Waals surface area contributed by atoms with Crippen molar-refractivity contribution in [1.29, 1.82) is 0 Å². The molecule has 0 aliphatic rings. The lowest BCUT2D eigenvalue weighted by Crippen LogP contribution is -2.31. The Morgan fingerprint density at radius 2 is 2.12 bits per heavy atom. The second kappa shape index (κ2) is 8.30. The summed E-state index contributed by atoms with van der Waals surface area (Å²) in [5.41, 5.74) is 0.0914. The number of hydrogen-bond acceptors (Lipinski definition) is 5. The zero-order chi connectivity index (χ0) is 19.5. The molecular formula is C15H20ClN5O3S2. The van der Waals surface area contributed by atoms with Gasteiger partial charge in [-0.15, -0.1) is 0 Å². The van der Waals surface area contributed by atoms with Gasteiger partial charge in [0.25, 0.3) is 5.91 Å². The highest BCUT2D eigenvalue weighted by molar-refractivity contribution is 7.89. The van der Waals surface area contributed by atoms with Crippen molar-refractivity contribution >= 4 is 39.7 Å². The fraction of sp³-hybridized carbons (Fsp3) is 0.400. The Bertz CT molecular complexity index is 966.